The number of carbonyl (C=O) groups excluding carboxylic acids is 1. The first-order valence-electron chi connectivity index (χ1n) is 5.93. The molecule has 19 heavy (non-hydrogen) atoms. The van der Waals surface area contributed by atoms with Crippen LogP contribution in [0.3, 0.4) is 0 Å². The lowest BCUT2D eigenvalue weighted by atomic mass is 9.95. The van der Waals surface area contributed by atoms with Gasteiger partial charge in [0.15, 0.2) is 5.78 Å². The van der Waals surface area contributed by atoms with E-state index in [0.717, 1.165) is 11.1 Å². The van der Waals surface area contributed by atoms with Crippen LogP contribution in [-0.2, 0) is 9.84 Å². The number of rotatable bonds is 0. The van der Waals surface area contributed by atoms with Gasteiger partial charge in [0.25, 0.3) is 0 Å². The minimum atomic E-state index is -3.59. The van der Waals surface area contributed by atoms with Crippen molar-refractivity contribution in [2.45, 2.75) is 23.6 Å². The zero-order chi connectivity index (χ0) is 13.8. The predicted molar refractivity (Wildman–Crippen MR) is 71.2 cm³/mol. The molecule has 0 atom stereocenters. The first kappa shape index (κ1) is 12.1. The van der Waals surface area contributed by atoms with Gasteiger partial charge < -0.3 is 0 Å². The summed E-state index contributed by atoms with van der Waals surface area (Å²) in [5.41, 5.74) is 2.24. The van der Waals surface area contributed by atoms with E-state index in [9.17, 15) is 13.2 Å². The lowest BCUT2D eigenvalue weighted by Crippen LogP contribution is -2.21. The summed E-state index contributed by atoms with van der Waals surface area (Å²) in [6, 6.07) is 9.65. The molecular formula is C15H12O3S. The van der Waals surface area contributed by atoms with Crippen LogP contribution in [0.15, 0.2) is 46.2 Å². The molecule has 4 heteroatoms. The third-order valence-electron chi connectivity index (χ3n) is 3.64. The van der Waals surface area contributed by atoms with E-state index in [1.807, 2.05) is 6.92 Å². The van der Waals surface area contributed by atoms with Crippen molar-refractivity contribution in [3.05, 3.63) is 58.7 Å². The van der Waals surface area contributed by atoms with Crippen LogP contribution in [0.5, 0.6) is 0 Å². The van der Waals surface area contributed by atoms with Gasteiger partial charge in [0.2, 0.25) is 9.84 Å². The average molecular weight is 272 g/mol. The fourth-order valence-corrected chi connectivity index (χ4v) is 4.15. The van der Waals surface area contributed by atoms with Gasteiger partial charge in [-0.2, -0.15) is 0 Å². The standard InChI is InChI=1S/C15H12O3S/c1-9-7-8-13-14(10(9)2)15(16)11-5-3-4-6-12(11)19(13,17)18/h3-8H,1-2H3. The molecule has 2 aromatic carbocycles. The Hall–Kier alpha value is -1.94. The summed E-state index contributed by atoms with van der Waals surface area (Å²) < 4.78 is 25.1. The fourth-order valence-electron chi connectivity index (χ4n) is 2.44. The van der Waals surface area contributed by atoms with Crippen LogP contribution in [0.1, 0.15) is 27.0 Å². The van der Waals surface area contributed by atoms with Crippen molar-refractivity contribution in [1.29, 1.82) is 0 Å². The smallest absolute Gasteiger partial charge is 0.208 e. The SMILES string of the molecule is Cc1ccc2c(c1C)C(=O)c1ccccc1S2(=O)=O. The van der Waals surface area contributed by atoms with Gasteiger partial charge in [-0.25, -0.2) is 8.42 Å². The van der Waals surface area contributed by atoms with Crippen molar-refractivity contribution in [3.8, 4) is 0 Å². The third kappa shape index (κ3) is 1.50. The maximum Gasteiger partial charge on any atom is 0.208 e. The highest BCUT2D eigenvalue weighted by Gasteiger charge is 2.35. The molecule has 0 saturated heterocycles. The highest BCUT2D eigenvalue weighted by atomic mass is 32.2. The molecule has 0 bridgehead atoms. The lowest BCUT2D eigenvalue weighted by Gasteiger charge is -2.21. The third-order valence-corrected chi connectivity index (χ3v) is 5.49. The van der Waals surface area contributed by atoms with Crippen molar-refractivity contribution >= 4 is 15.6 Å². The molecule has 0 fully saturated rings. The van der Waals surface area contributed by atoms with Gasteiger partial charge in [-0.05, 0) is 43.2 Å². The second-order valence-electron chi connectivity index (χ2n) is 4.71. The molecule has 0 unspecified atom stereocenters. The van der Waals surface area contributed by atoms with E-state index in [1.54, 1.807) is 31.2 Å². The van der Waals surface area contributed by atoms with Gasteiger partial charge in [-0.1, -0.05) is 18.2 Å². The summed E-state index contributed by atoms with van der Waals surface area (Å²) in [5, 5.41) is 0. The van der Waals surface area contributed by atoms with Gasteiger partial charge in [0.05, 0.1) is 9.79 Å². The van der Waals surface area contributed by atoms with E-state index >= 15 is 0 Å². The topological polar surface area (TPSA) is 51.2 Å². The Kier molecular flexibility index (Phi) is 2.41. The Balaban J connectivity index is 2.49. The van der Waals surface area contributed by atoms with Gasteiger partial charge in [-0.15, -0.1) is 0 Å². The minimum Gasteiger partial charge on any atom is -0.289 e. The molecule has 0 radical (unpaired) electrons. The van der Waals surface area contributed by atoms with Crippen LogP contribution >= 0.6 is 0 Å². The van der Waals surface area contributed by atoms with Crippen molar-refractivity contribution in [2.24, 2.45) is 0 Å². The summed E-state index contributed by atoms with van der Waals surface area (Å²) in [6.07, 6.45) is 0. The summed E-state index contributed by atoms with van der Waals surface area (Å²) in [4.78, 5) is 12.7. The number of ketones is 1. The predicted octanol–water partition coefficient (Wildman–Crippen LogP) is 2.68. The summed E-state index contributed by atoms with van der Waals surface area (Å²) in [7, 11) is -3.59. The average Bonchev–Trinajstić information content (AvgIpc) is 2.39. The Morgan fingerprint density at radius 2 is 1.58 bits per heavy atom. The van der Waals surface area contributed by atoms with Crippen molar-refractivity contribution in [2.75, 3.05) is 0 Å². The van der Waals surface area contributed by atoms with E-state index < -0.39 is 9.84 Å². The summed E-state index contributed by atoms with van der Waals surface area (Å²) in [6.45, 7) is 3.66. The number of fused-ring (bicyclic) bond motifs is 2. The van der Waals surface area contributed by atoms with Crippen LogP contribution in [0.4, 0.5) is 0 Å². The number of benzene rings is 2. The normalized spacial score (nSPS) is 15.8. The first-order valence-corrected chi connectivity index (χ1v) is 7.42. The maximum absolute atomic E-state index is 12.6. The van der Waals surface area contributed by atoms with Crippen LogP contribution < -0.4 is 0 Å². The van der Waals surface area contributed by atoms with Gasteiger partial charge in [0.1, 0.15) is 0 Å². The van der Waals surface area contributed by atoms with Crippen LogP contribution in [-0.4, -0.2) is 14.2 Å². The molecule has 96 valence electrons. The number of hydrogen-bond donors (Lipinski definition) is 0. The van der Waals surface area contributed by atoms with Crippen molar-refractivity contribution in [3.63, 3.8) is 0 Å². The van der Waals surface area contributed by atoms with Gasteiger partial charge in [-0.3, -0.25) is 4.79 Å². The Morgan fingerprint density at radius 1 is 0.895 bits per heavy atom. The second kappa shape index (κ2) is 3.78. The van der Waals surface area contributed by atoms with Crippen LogP contribution in [0.2, 0.25) is 0 Å². The molecule has 1 heterocycles. The van der Waals surface area contributed by atoms with E-state index in [1.165, 1.54) is 12.1 Å². The van der Waals surface area contributed by atoms with Crippen LogP contribution in [0, 0.1) is 13.8 Å². The number of carbonyl (C=O) groups is 1. The number of hydrogen-bond acceptors (Lipinski definition) is 3. The van der Waals surface area contributed by atoms with E-state index in [4.69, 9.17) is 0 Å². The monoisotopic (exact) mass is 272 g/mol. The molecule has 0 aromatic heterocycles. The first-order chi connectivity index (χ1) is 8.94. The zero-order valence-electron chi connectivity index (χ0n) is 10.6. The largest absolute Gasteiger partial charge is 0.289 e. The molecule has 3 nitrogen and oxygen atoms in total. The molecule has 1 aliphatic heterocycles. The molecule has 0 saturated carbocycles. The summed E-state index contributed by atoms with van der Waals surface area (Å²) in [5.74, 6) is -0.207. The Bertz CT molecular complexity index is 817. The zero-order valence-corrected chi connectivity index (χ0v) is 11.4. The van der Waals surface area contributed by atoms with Crippen LogP contribution in [0.25, 0.3) is 0 Å². The van der Waals surface area contributed by atoms with Crippen molar-refractivity contribution in [1.82, 2.24) is 0 Å². The molecule has 0 spiro atoms. The minimum absolute atomic E-state index is 0.107. The van der Waals surface area contributed by atoms with Gasteiger partial charge in [0, 0.05) is 11.1 Å². The summed E-state index contributed by atoms with van der Waals surface area (Å²) >= 11 is 0. The number of aryl methyl sites for hydroxylation is 1. The molecule has 3 rings (SSSR count). The molecule has 1 aliphatic rings. The van der Waals surface area contributed by atoms with E-state index in [-0.39, 0.29) is 21.1 Å². The molecular weight excluding hydrogens is 260 g/mol. The quantitative estimate of drug-likeness (QED) is 0.632. The molecule has 0 amide bonds. The highest BCUT2D eigenvalue weighted by Crippen LogP contribution is 2.36. The molecule has 2 aromatic rings. The molecule has 0 aliphatic carbocycles. The number of sulfone groups is 1. The lowest BCUT2D eigenvalue weighted by molar-refractivity contribution is 0.103. The molecule has 0 N–H and O–H groups in total. The maximum atomic E-state index is 12.6. The van der Waals surface area contributed by atoms with Crippen molar-refractivity contribution < 1.29 is 13.2 Å². The Labute approximate surface area is 111 Å². The van der Waals surface area contributed by atoms with Gasteiger partial charge >= 0.3 is 0 Å². The second-order valence-corrected chi connectivity index (χ2v) is 6.60. The van der Waals surface area contributed by atoms with E-state index in [0.29, 0.717) is 5.56 Å². The fraction of sp³-hybridized carbons (Fsp3) is 0.133. The van der Waals surface area contributed by atoms with E-state index in [2.05, 4.69) is 0 Å². The highest BCUT2D eigenvalue weighted by molar-refractivity contribution is 7.91. The Morgan fingerprint density at radius 3 is 2.32 bits per heavy atom.